The van der Waals surface area contributed by atoms with Crippen LogP contribution >= 0.6 is 15.9 Å². The summed E-state index contributed by atoms with van der Waals surface area (Å²) in [4.78, 5) is 2.03. The summed E-state index contributed by atoms with van der Waals surface area (Å²) < 4.78 is 6.00. The zero-order chi connectivity index (χ0) is 15.8. The summed E-state index contributed by atoms with van der Waals surface area (Å²) in [6, 6.07) is 6.32. The molecule has 21 heavy (non-hydrogen) atoms. The third-order valence-electron chi connectivity index (χ3n) is 3.15. The van der Waals surface area contributed by atoms with Gasteiger partial charge in [0, 0.05) is 31.7 Å². The Bertz CT molecular complexity index is 427. The Labute approximate surface area is 136 Å². The van der Waals surface area contributed by atoms with Crippen LogP contribution in [0.2, 0.25) is 0 Å². The molecule has 0 fully saturated rings. The van der Waals surface area contributed by atoms with E-state index < -0.39 is 6.10 Å². The van der Waals surface area contributed by atoms with Crippen molar-refractivity contribution in [2.75, 3.05) is 38.8 Å². The van der Waals surface area contributed by atoms with Gasteiger partial charge in [-0.15, -0.1) is 0 Å². The molecule has 0 aliphatic heterocycles. The molecular weight excluding hydrogens is 332 g/mol. The molecule has 1 aromatic carbocycles. The van der Waals surface area contributed by atoms with Crippen molar-refractivity contribution in [2.45, 2.75) is 26.5 Å². The second-order valence-corrected chi connectivity index (χ2v) is 6.65. The summed E-state index contributed by atoms with van der Waals surface area (Å²) >= 11 is 3.62. The number of nitrogens with zero attached hydrogens (tertiary/aromatic N) is 1. The van der Waals surface area contributed by atoms with Crippen LogP contribution in [0.25, 0.3) is 0 Å². The zero-order valence-electron chi connectivity index (χ0n) is 13.4. The molecule has 2 N–H and O–H groups in total. The molecule has 1 atom stereocenters. The summed E-state index contributed by atoms with van der Waals surface area (Å²) in [5.41, 5.74) is 2.31. The lowest BCUT2D eigenvalue weighted by Gasteiger charge is -2.24. The normalized spacial score (nSPS) is 12.7. The first-order valence-electron chi connectivity index (χ1n) is 7.31. The van der Waals surface area contributed by atoms with Gasteiger partial charge in [0.2, 0.25) is 0 Å². The van der Waals surface area contributed by atoms with Gasteiger partial charge in [-0.3, -0.25) is 0 Å². The average molecular weight is 359 g/mol. The number of hydrogen-bond acceptors (Lipinski definition) is 4. The standard InChI is InChI=1S/C16H27BrN2O2/c1-12(2)8-18-9-13-5-6-16(15(17)7-13)19(3)10-14(20)11-21-4/h5-7,12,14,18,20H,8-11H2,1-4H3. The van der Waals surface area contributed by atoms with Crippen molar-refractivity contribution in [3.8, 4) is 0 Å². The Balaban J connectivity index is 2.60. The number of hydrogen-bond donors (Lipinski definition) is 2. The predicted molar refractivity (Wildman–Crippen MR) is 91.8 cm³/mol. The van der Waals surface area contributed by atoms with Crippen LogP contribution in [0.15, 0.2) is 22.7 Å². The van der Waals surface area contributed by atoms with Gasteiger partial charge in [0.1, 0.15) is 0 Å². The number of methoxy groups -OCH3 is 1. The molecule has 0 radical (unpaired) electrons. The highest BCUT2D eigenvalue weighted by atomic mass is 79.9. The largest absolute Gasteiger partial charge is 0.389 e. The number of aliphatic hydroxyl groups excluding tert-OH is 1. The van der Waals surface area contributed by atoms with Crippen LogP contribution in [0.3, 0.4) is 0 Å². The maximum absolute atomic E-state index is 9.80. The molecule has 1 aromatic rings. The molecule has 0 spiro atoms. The molecule has 0 bridgehead atoms. The van der Waals surface area contributed by atoms with Gasteiger partial charge in [0.25, 0.3) is 0 Å². The van der Waals surface area contributed by atoms with Crippen molar-refractivity contribution in [2.24, 2.45) is 5.92 Å². The van der Waals surface area contributed by atoms with Gasteiger partial charge in [0.05, 0.1) is 18.4 Å². The fourth-order valence-electron chi connectivity index (χ4n) is 2.13. The molecule has 4 nitrogen and oxygen atoms in total. The lowest BCUT2D eigenvalue weighted by molar-refractivity contribution is 0.0695. The van der Waals surface area contributed by atoms with Gasteiger partial charge < -0.3 is 20.1 Å². The first-order chi connectivity index (χ1) is 9.93. The summed E-state index contributed by atoms with van der Waals surface area (Å²) in [6.07, 6.45) is -0.487. The SMILES string of the molecule is COCC(O)CN(C)c1ccc(CNCC(C)C)cc1Br. The van der Waals surface area contributed by atoms with E-state index in [-0.39, 0.29) is 0 Å². The zero-order valence-corrected chi connectivity index (χ0v) is 15.0. The predicted octanol–water partition coefficient (Wildman–Crippen LogP) is 2.64. The van der Waals surface area contributed by atoms with E-state index >= 15 is 0 Å². The highest BCUT2D eigenvalue weighted by Gasteiger charge is 2.11. The Morgan fingerprint density at radius 1 is 1.38 bits per heavy atom. The molecule has 0 saturated carbocycles. The average Bonchev–Trinajstić information content (AvgIpc) is 2.38. The quantitative estimate of drug-likeness (QED) is 0.712. The first kappa shape index (κ1) is 18.4. The Hall–Kier alpha value is -0.620. The van der Waals surface area contributed by atoms with Crippen LogP contribution in [0.5, 0.6) is 0 Å². The molecule has 1 unspecified atom stereocenters. The Morgan fingerprint density at radius 2 is 2.10 bits per heavy atom. The molecule has 0 aliphatic rings. The van der Waals surface area contributed by atoms with E-state index in [4.69, 9.17) is 4.74 Å². The van der Waals surface area contributed by atoms with Gasteiger partial charge in [-0.1, -0.05) is 19.9 Å². The second kappa shape index (κ2) is 9.41. The van der Waals surface area contributed by atoms with E-state index in [1.54, 1.807) is 7.11 Å². The van der Waals surface area contributed by atoms with Crippen LogP contribution in [-0.4, -0.2) is 45.1 Å². The van der Waals surface area contributed by atoms with Gasteiger partial charge in [-0.25, -0.2) is 0 Å². The van der Waals surface area contributed by atoms with Crippen LogP contribution in [-0.2, 0) is 11.3 Å². The summed E-state index contributed by atoms with van der Waals surface area (Å²) in [5, 5.41) is 13.2. The number of nitrogens with one attached hydrogen (secondary N) is 1. The van der Waals surface area contributed by atoms with E-state index in [2.05, 4.69) is 53.3 Å². The van der Waals surface area contributed by atoms with E-state index in [9.17, 15) is 5.11 Å². The third kappa shape index (κ3) is 6.78. The van der Waals surface area contributed by atoms with E-state index in [0.29, 0.717) is 19.1 Å². The summed E-state index contributed by atoms with van der Waals surface area (Å²) in [5.74, 6) is 0.654. The van der Waals surface area contributed by atoms with E-state index in [1.165, 1.54) is 5.56 Å². The van der Waals surface area contributed by atoms with Crippen LogP contribution in [0.1, 0.15) is 19.4 Å². The van der Waals surface area contributed by atoms with E-state index in [0.717, 1.165) is 23.2 Å². The maximum Gasteiger partial charge on any atom is 0.0947 e. The van der Waals surface area contributed by atoms with Crippen molar-refractivity contribution in [3.05, 3.63) is 28.2 Å². The second-order valence-electron chi connectivity index (χ2n) is 5.80. The minimum Gasteiger partial charge on any atom is -0.389 e. The first-order valence-corrected chi connectivity index (χ1v) is 8.10. The van der Waals surface area contributed by atoms with Crippen molar-refractivity contribution in [1.82, 2.24) is 5.32 Å². The van der Waals surface area contributed by atoms with E-state index in [1.807, 2.05) is 11.9 Å². The fraction of sp³-hybridized carbons (Fsp3) is 0.625. The molecule has 0 amide bonds. The number of benzene rings is 1. The van der Waals surface area contributed by atoms with Gasteiger partial charge in [0.15, 0.2) is 0 Å². The third-order valence-corrected chi connectivity index (χ3v) is 3.78. The minimum atomic E-state index is -0.487. The van der Waals surface area contributed by atoms with Crippen molar-refractivity contribution in [1.29, 1.82) is 0 Å². The molecule has 0 aliphatic carbocycles. The lowest BCUT2D eigenvalue weighted by Crippen LogP contribution is -2.32. The lowest BCUT2D eigenvalue weighted by atomic mass is 10.1. The number of likely N-dealkylation sites (N-methyl/N-ethyl adjacent to an activating group) is 1. The minimum absolute atomic E-state index is 0.346. The Morgan fingerprint density at radius 3 is 2.67 bits per heavy atom. The number of rotatable bonds is 9. The molecule has 0 heterocycles. The highest BCUT2D eigenvalue weighted by Crippen LogP contribution is 2.26. The van der Waals surface area contributed by atoms with Crippen molar-refractivity contribution >= 4 is 21.6 Å². The van der Waals surface area contributed by atoms with Crippen LogP contribution in [0.4, 0.5) is 5.69 Å². The maximum atomic E-state index is 9.80. The number of ether oxygens (including phenoxy) is 1. The smallest absolute Gasteiger partial charge is 0.0947 e. The number of halogens is 1. The molecular formula is C16H27BrN2O2. The number of anilines is 1. The molecule has 1 rings (SSSR count). The monoisotopic (exact) mass is 358 g/mol. The van der Waals surface area contributed by atoms with Gasteiger partial charge >= 0.3 is 0 Å². The van der Waals surface area contributed by atoms with Crippen molar-refractivity contribution < 1.29 is 9.84 Å². The molecule has 5 heteroatoms. The fourth-order valence-corrected chi connectivity index (χ4v) is 2.86. The van der Waals surface area contributed by atoms with Gasteiger partial charge in [-0.05, 0) is 46.1 Å². The van der Waals surface area contributed by atoms with Gasteiger partial charge in [-0.2, -0.15) is 0 Å². The highest BCUT2D eigenvalue weighted by molar-refractivity contribution is 9.10. The Kier molecular flexibility index (Phi) is 8.26. The van der Waals surface area contributed by atoms with Crippen molar-refractivity contribution in [3.63, 3.8) is 0 Å². The number of aliphatic hydroxyl groups is 1. The van der Waals surface area contributed by atoms with Crippen LogP contribution in [0, 0.1) is 5.92 Å². The topological polar surface area (TPSA) is 44.7 Å². The summed E-state index contributed by atoms with van der Waals surface area (Å²) in [7, 11) is 3.56. The molecule has 120 valence electrons. The molecule has 0 aromatic heterocycles. The summed E-state index contributed by atoms with van der Waals surface area (Å²) in [6.45, 7) is 7.17. The molecule has 0 saturated heterocycles. The van der Waals surface area contributed by atoms with Crippen LogP contribution < -0.4 is 10.2 Å².